The summed E-state index contributed by atoms with van der Waals surface area (Å²) in [5, 5.41) is 3.73. The van der Waals surface area contributed by atoms with Gasteiger partial charge in [0.05, 0.1) is 13.7 Å². The molecular formula is C26H29NO4. The Morgan fingerprint density at radius 2 is 2.10 bits per heavy atom. The number of ketones is 1. The van der Waals surface area contributed by atoms with Crippen LogP contribution in [0.15, 0.2) is 36.4 Å². The number of Topliss-reactive ketones (excluding diaryl/α,β-unsaturated/α-hetero) is 1. The standard InChI is InChI=1S/C26H29NO4/c1-29-22-15-21(30-13-5-8-16-6-3-2-4-7-16)17-14-19-18-9-10-20(28)25-26(18,11-12-27-19)23(17)24(22)31-25/h2-4,6-7,15,18-19,25,27H,5,8-14H2,1H3/t18-,19+,25?,26-/m0/s1. The number of carbonyl (C=O) groups is 1. The molecule has 0 aromatic heterocycles. The molecule has 2 fully saturated rings. The molecule has 4 aliphatic rings. The van der Waals surface area contributed by atoms with Gasteiger partial charge in [-0.2, -0.15) is 0 Å². The minimum absolute atomic E-state index is 0.217. The summed E-state index contributed by atoms with van der Waals surface area (Å²) in [6.45, 7) is 1.58. The van der Waals surface area contributed by atoms with Crippen LogP contribution in [0.4, 0.5) is 0 Å². The van der Waals surface area contributed by atoms with Crippen LogP contribution in [0, 0.1) is 5.92 Å². The fourth-order valence-electron chi connectivity index (χ4n) is 6.67. The molecule has 0 amide bonds. The number of aryl methyl sites for hydroxylation is 1. The molecular weight excluding hydrogens is 390 g/mol. The molecule has 0 radical (unpaired) electrons. The van der Waals surface area contributed by atoms with Gasteiger partial charge in [0, 0.05) is 35.1 Å². The van der Waals surface area contributed by atoms with E-state index in [9.17, 15) is 4.79 Å². The predicted molar refractivity (Wildman–Crippen MR) is 117 cm³/mol. The molecule has 1 saturated carbocycles. The molecule has 31 heavy (non-hydrogen) atoms. The number of piperidine rings is 1. The second-order valence-electron chi connectivity index (χ2n) is 9.36. The van der Waals surface area contributed by atoms with Crippen LogP contribution in [0.2, 0.25) is 0 Å². The lowest BCUT2D eigenvalue weighted by atomic mass is 9.52. The average molecular weight is 420 g/mol. The Morgan fingerprint density at radius 3 is 2.94 bits per heavy atom. The van der Waals surface area contributed by atoms with E-state index in [1.54, 1.807) is 7.11 Å². The quantitative estimate of drug-likeness (QED) is 0.725. The topological polar surface area (TPSA) is 56.8 Å². The van der Waals surface area contributed by atoms with Gasteiger partial charge in [-0.05, 0) is 50.1 Å². The van der Waals surface area contributed by atoms with Crippen LogP contribution in [-0.2, 0) is 23.1 Å². The average Bonchev–Trinajstić information content (AvgIpc) is 3.13. The maximum Gasteiger partial charge on any atom is 0.174 e. The number of ether oxygens (including phenoxy) is 3. The van der Waals surface area contributed by atoms with E-state index in [0.29, 0.717) is 30.7 Å². The number of methoxy groups -OCH3 is 1. The molecule has 2 aromatic rings. The van der Waals surface area contributed by atoms with E-state index in [2.05, 4.69) is 29.6 Å². The second-order valence-corrected chi connectivity index (χ2v) is 9.36. The van der Waals surface area contributed by atoms with Gasteiger partial charge >= 0.3 is 0 Å². The highest BCUT2D eigenvalue weighted by molar-refractivity contribution is 5.89. The number of carbonyl (C=O) groups excluding carboxylic acids is 1. The smallest absolute Gasteiger partial charge is 0.174 e. The highest BCUT2D eigenvalue weighted by Gasteiger charge is 2.65. The Kier molecular flexibility index (Phi) is 4.49. The number of benzene rings is 2. The molecule has 1 spiro atoms. The molecule has 5 heteroatoms. The summed E-state index contributed by atoms with van der Waals surface area (Å²) in [6.07, 6.45) is 5.00. The van der Waals surface area contributed by atoms with Gasteiger partial charge in [0.2, 0.25) is 0 Å². The number of hydrogen-bond donors (Lipinski definition) is 1. The van der Waals surface area contributed by atoms with E-state index < -0.39 is 0 Å². The molecule has 1 N–H and O–H groups in total. The molecule has 1 saturated heterocycles. The molecule has 4 atom stereocenters. The van der Waals surface area contributed by atoms with Crippen LogP contribution < -0.4 is 19.5 Å². The van der Waals surface area contributed by atoms with E-state index in [-0.39, 0.29) is 17.3 Å². The summed E-state index contributed by atoms with van der Waals surface area (Å²) < 4.78 is 18.5. The Balaban J connectivity index is 1.35. The summed E-state index contributed by atoms with van der Waals surface area (Å²) in [7, 11) is 1.67. The summed E-state index contributed by atoms with van der Waals surface area (Å²) in [6, 6.07) is 12.9. The lowest BCUT2D eigenvalue weighted by Crippen LogP contribution is -2.65. The summed E-state index contributed by atoms with van der Waals surface area (Å²) >= 11 is 0. The zero-order valence-corrected chi connectivity index (χ0v) is 18.0. The van der Waals surface area contributed by atoms with E-state index in [0.717, 1.165) is 50.1 Å². The first-order chi connectivity index (χ1) is 15.2. The van der Waals surface area contributed by atoms with Crippen molar-refractivity contribution in [3.63, 3.8) is 0 Å². The second kappa shape index (κ2) is 7.27. The lowest BCUT2D eigenvalue weighted by molar-refractivity contribution is -0.135. The van der Waals surface area contributed by atoms with Crippen molar-refractivity contribution in [2.75, 3.05) is 20.3 Å². The van der Waals surface area contributed by atoms with Gasteiger partial charge in [0.25, 0.3) is 0 Å². The lowest BCUT2D eigenvalue weighted by Gasteiger charge is -2.54. The van der Waals surface area contributed by atoms with E-state index in [1.807, 2.05) is 12.1 Å². The van der Waals surface area contributed by atoms with E-state index in [4.69, 9.17) is 14.2 Å². The number of nitrogens with one attached hydrogen (secondary N) is 1. The van der Waals surface area contributed by atoms with E-state index in [1.165, 1.54) is 16.7 Å². The molecule has 2 bridgehead atoms. The van der Waals surface area contributed by atoms with Crippen molar-refractivity contribution in [3.05, 3.63) is 53.1 Å². The van der Waals surface area contributed by atoms with Gasteiger partial charge in [0.15, 0.2) is 23.4 Å². The number of rotatable bonds is 6. The van der Waals surface area contributed by atoms with Crippen molar-refractivity contribution in [2.45, 2.75) is 56.1 Å². The molecule has 2 heterocycles. The van der Waals surface area contributed by atoms with Crippen molar-refractivity contribution in [3.8, 4) is 17.2 Å². The molecule has 6 rings (SSSR count). The first kappa shape index (κ1) is 19.2. The fourth-order valence-corrected chi connectivity index (χ4v) is 6.67. The molecule has 2 aromatic carbocycles. The van der Waals surface area contributed by atoms with Crippen LogP contribution in [0.1, 0.15) is 42.4 Å². The zero-order valence-electron chi connectivity index (χ0n) is 18.0. The molecule has 2 aliphatic heterocycles. The van der Waals surface area contributed by atoms with Gasteiger partial charge < -0.3 is 19.5 Å². The van der Waals surface area contributed by atoms with Crippen LogP contribution in [-0.4, -0.2) is 38.2 Å². The van der Waals surface area contributed by atoms with Crippen molar-refractivity contribution in [1.82, 2.24) is 5.32 Å². The minimum Gasteiger partial charge on any atom is -0.493 e. The van der Waals surface area contributed by atoms with Crippen LogP contribution in [0.3, 0.4) is 0 Å². The van der Waals surface area contributed by atoms with Gasteiger partial charge in [-0.3, -0.25) is 4.79 Å². The third-order valence-electron chi connectivity index (χ3n) is 7.92. The first-order valence-corrected chi connectivity index (χ1v) is 11.6. The summed E-state index contributed by atoms with van der Waals surface area (Å²) in [4.78, 5) is 12.9. The zero-order chi connectivity index (χ0) is 21.0. The summed E-state index contributed by atoms with van der Waals surface area (Å²) in [5.41, 5.74) is 3.55. The third-order valence-corrected chi connectivity index (χ3v) is 7.92. The highest BCUT2D eigenvalue weighted by Crippen LogP contribution is 2.63. The monoisotopic (exact) mass is 419 g/mol. The maximum absolute atomic E-state index is 12.9. The minimum atomic E-state index is -0.368. The molecule has 5 nitrogen and oxygen atoms in total. The van der Waals surface area contributed by atoms with Crippen LogP contribution >= 0.6 is 0 Å². The fraction of sp³-hybridized carbons (Fsp3) is 0.500. The largest absolute Gasteiger partial charge is 0.493 e. The normalized spacial score (nSPS) is 29.8. The highest BCUT2D eigenvalue weighted by atomic mass is 16.5. The number of hydrogen-bond acceptors (Lipinski definition) is 5. The molecule has 1 unspecified atom stereocenters. The Bertz CT molecular complexity index is 1020. The molecule has 162 valence electrons. The Morgan fingerprint density at radius 1 is 1.23 bits per heavy atom. The van der Waals surface area contributed by atoms with Gasteiger partial charge in [0.1, 0.15) is 5.75 Å². The van der Waals surface area contributed by atoms with Crippen molar-refractivity contribution < 1.29 is 19.0 Å². The molecule has 2 aliphatic carbocycles. The van der Waals surface area contributed by atoms with Gasteiger partial charge in [-0.1, -0.05) is 30.3 Å². The van der Waals surface area contributed by atoms with Crippen molar-refractivity contribution in [2.24, 2.45) is 5.92 Å². The Hall–Kier alpha value is -2.53. The van der Waals surface area contributed by atoms with E-state index >= 15 is 0 Å². The Labute approximate surface area is 183 Å². The SMILES string of the molecule is COc1cc(OCCCc2ccccc2)c2c3c1OC1C(=O)CC[C@H]4[C@@H](C2)NCC[C@]314. The first-order valence-electron chi connectivity index (χ1n) is 11.6. The van der Waals surface area contributed by atoms with Crippen molar-refractivity contribution >= 4 is 5.78 Å². The van der Waals surface area contributed by atoms with Gasteiger partial charge in [-0.15, -0.1) is 0 Å². The van der Waals surface area contributed by atoms with Crippen molar-refractivity contribution in [1.29, 1.82) is 0 Å². The predicted octanol–water partition coefficient (Wildman–Crippen LogP) is 3.60. The van der Waals surface area contributed by atoms with Crippen LogP contribution in [0.25, 0.3) is 0 Å². The van der Waals surface area contributed by atoms with Gasteiger partial charge in [-0.25, -0.2) is 0 Å². The maximum atomic E-state index is 12.9. The summed E-state index contributed by atoms with van der Waals surface area (Å²) in [5.74, 6) is 3.07. The van der Waals surface area contributed by atoms with Crippen LogP contribution in [0.5, 0.6) is 17.2 Å². The third kappa shape index (κ3) is 2.75.